The number of nitrogens with one attached hydrogen (secondary N) is 1. The van der Waals surface area contributed by atoms with Crippen LogP contribution in [0.15, 0.2) is 29.2 Å². The maximum Gasteiger partial charge on any atom is 0.326 e. The Bertz CT molecular complexity index is 624. The van der Waals surface area contributed by atoms with Gasteiger partial charge in [-0.1, -0.05) is 26.0 Å². The van der Waals surface area contributed by atoms with Crippen molar-refractivity contribution in [3.63, 3.8) is 0 Å². The van der Waals surface area contributed by atoms with Crippen LogP contribution in [0.1, 0.15) is 37.0 Å². The number of hydrogen-bond acceptors (Lipinski definition) is 4. The van der Waals surface area contributed by atoms with Crippen LogP contribution in [0.4, 0.5) is 0 Å². The molecule has 0 aliphatic rings. The third-order valence-electron chi connectivity index (χ3n) is 2.95. The molecule has 0 saturated carbocycles. The highest BCUT2D eigenvalue weighted by atomic mass is 32.2. The molecule has 1 unspecified atom stereocenters. The lowest BCUT2D eigenvalue weighted by molar-refractivity contribution is -0.139. The van der Waals surface area contributed by atoms with Gasteiger partial charge in [-0.2, -0.15) is 0 Å². The first-order valence-electron chi connectivity index (χ1n) is 6.69. The van der Waals surface area contributed by atoms with E-state index in [2.05, 4.69) is 5.32 Å². The Balaban J connectivity index is 3.14. The van der Waals surface area contributed by atoms with Gasteiger partial charge in [0.05, 0.1) is 16.2 Å². The topological polar surface area (TPSA) is 101 Å². The van der Waals surface area contributed by atoms with Gasteiger partial charge in [0.2, 0.25) is 0 Å². The fourth-order valence-electron chi connectivity index (χ4n) is 1.88. The fraction of sp³-hybridized carbons (Fsp3) is 0.429. The molecule has 6 nitrogen and oxygen atoms in total. The summed E-state index contributed by atoms with van der Waals surface area (Å²) in [5, 5.41) is 11.3. The minimum absolute atomic E-state index is 0.0225. The highest BCUT2D eigenvalue weighted by Crippen LogP contribution is 2.18. The second kappa shape index (κ2) is 7.21. The van der Waals surface area contributed by atoms with Crippen LogP contribution < -0.4 is 5.32 Å². The first kappa shape index (κ1) is 17.2. The van der Waals surface area contributed by atoms with Crippen LogP contribution in [0.3, 0.4) is 0 Å². The first-order valence-corrected chi connectivity index (χ1v) is 8.34. The van der Waals surface area contributed by atoms with E-state index in [0.29, 0.717) is 6.42 Å². The quantitative estimate of drug-likeness (QED) is 0.793. The van der Waals surface area contributed by atoms with Crippen LogP contribution in [-0.2, 0) is 14.6 Å². The second-order valence-corrected chi connectivity index (χ2v) is 6.67. The number of sulfone groups is 1. The monoisotopic (exact) mass is 313 g/mol. The normalized spacial score (nSPS) is 12.7. The van der Waals surface area contributed by atoms with E-state index in [1.54, 1.807) is 19.9 Å². The van der Waals surface area contributed by atoms with E-state index < -0.39 is 27.8 Å². The zero-order valence-corrected chi connectivity index (χ0v) is 12.8. The SMILES string of the molecule is CCCS(=O)(=O)c1ccccc1C(=O)NC(CC)C(=O)O. The van der Waals surface area contributed by atoms with Crippen LogP contribution >= 0.6 is 0 Å². The molecule has 0 heterocycles. The van der Waals surface area contributed by atoms with E-state index in [9.17, 15) is 18.0 Å². The van der Waals surface area contributed by atoms with E-state index in [1.807, 2.05) is 0 Å². The van der Waals surface area contributed by atoms with E-state index in [4.69, 9.17) is 5.11 Å². The van der Waals surface area contributed by atoms with Crippen molar-refractivity contribution in [2.24, 2.45) is 0 Å². The van der Waals surface area contributed by atoms with Crippen LogP contribution in [0.5, 0.6) is 0 Å². The van der Waals surface area contributed by atoms with Crippen molar-refractivity contribution in [2.75, 3.05) is 5.75 Å². The molecular formula is C14H19NO5S. The Labute approximate surface area is 124 Å². The number of carbonyl (C=O) groups is 2. The van der Waals surface area contributed by atoms with Crippen LogP contribution in [0, 0.1) is 0 Å². The molecule has 1 aromatic carbocycles. The molecule has 1 aromatic rings. The lowest BCUT2D eigenvalue weighted by atomic mass is 10.1. The molecule has 0 radical (unpaired) electrons. The van der Waals surface area contributed by atoms with Gasteiger partial charge in [-0.05, 0) is 25.0 Å². The highest BCUT2D eigenvalue weighted by Gasteiger charge is 2.24. The van der Waals surface area contributed by atoms with Crippen molar-refractivity contribution >= 4 is 21.7 Å². The van der Waals surface area contributed by atoms with Gasteiger partial charge in [-0.25, -0.2) is 13.2 Å². The lowest BCUT2D eigenvalue weighted by Gasteiger charge is -2.14. The molecule has 2 N–H and O–H groups in total. The Kier molecular flexibility index (Phi) is 5.90. The molecule has 0 fully saturated rings. The number of hydrogen-bond donors (Lipinski definition) is 2. The highest BCUT2D eigenvalue weighted by molar-refractivity contribution is 7.91. The van der Waals surface area contributed by atoms with E-state index in [1.165, 1.54) is 18.2 Å². The number of benzene rings is 1. The average molecular weight is 313 g/mol. The summed E-state index contributed by atoms with van der Waals surface area (Å²) in [4.78, 5) is 23.0. The third-order valence-corrected chi connectivity index (χ3v) is 4.92. The summed E-state index contributed by atoms with van der Waals surface area (Å²) in [6.07, 6.45) is 0.649. The Morgan fingerprint density at radius 1 is 1.24 bits per heavy atom. The molecule has 7 heteroatoms. The predicted molar refractivity (Wildman–Crippen MR) is 78.0 cm³/mol. The summed E-state index contributed by atoms with van der Waals surface area (Å²) >= 11 is 0. The minimum atomic E-state index is -3.56. The number of carboxylic acid groups (broad SMARTS) is 1. The standard InChI is InChI=1S/C14H19NO5S/c1-3-9-21(19,20)12-8-6-5-7-10(12)13(16)15-11(4-2)14(17)18/h5-8,11H,3-4,9H2,1-2H3,(H,15,16)(H,17,18). The molecule has 1 amide bonds. The van der Waals surface area contributed by atoms with Gasteiger partial charge in [0.1, 0.15) is 6.04 Å². The van der Waals surface area contributed by atoms with Gasteiger partial charge < -0.3 is 10.4 Å². The smallest absolute Gasteiger partial charge is 0.326 e. The third kappa shape index (κ3) is 4.29. The summed E-state index contributed by atoms with van der Waals surface area (Å²) < 4.78 is 24.3. The number of rotatable bonds is 7. The van der Waals surface area contributed by atoms with Crippen molar-refractivity contribution in [2.45, 2.75) is 37.6 Å². The van der Waals surface area contributed by atoms with E-state index >= 15 is 0 Å². The first-order chi connectivity index (χ1) is 9.83. The average Bonchev–Trinajstić information content (AvgIpc) is 2.44. The van der Waals surface area contributed by atoms with Crippen molar-refractivity contribution in [1.82, 2.24) is 5.32 Å². The Morgan fingerprint density at radius 2 is 1.86 bits per heavy atom. The van der Waals surface area contributed by atoms with Crippen LogP contribution in [-0.4, -0.2) is 37.2 Å². The van der Waals surface area contributed by atoms with Gasteiger partial charge in [0.15, 0.2) is 9.84 Å². The lowest BCUT2D eigenvalue weighted by Crippen LogP contribution is -2.40. The Hall–Kier alpha value is -1.89. The van der Waals surface area contributed by atoms with Gasteiger partial charge in [-0.15, -0.1) is 0 Å². The number of aliphatic carboxylic acids is 1. The molecule has 0 aliphatic heterocycles. The molecule has 0 bridgehead atoms. The summed E-state index contributed by atoms with van der Waals surface area (Å²) in [5.41, 5.74) is -0.0225. The van der Waals surface area contributed by atoms with Crippen molar-refractivity contribution < 1.29 is 23.1 Å². The summed E-state index contributed by atoms with van der Waals surface area (Å²) in [6.45, 7) is 3.36. The van der Waals surface area contributed by atoms with Crippen molar-refractivity contribution in [3.8, 4) is 0 Å². The molecule has 0 aliphatic carbocycles. The van der Waals surface area contributed by atoms with Gasteiger partial charge in [0.25, 0.3) is 5.91 Å². The van der Waals surface area contributed by atoms with Gasteiger partial charge >= 0.3 is 5.97 Å². The molecule has 1 rings (SSSR count). The number of carboxylic acids is 1. The summed E-state index contributed by atoms with van der Waals surface area (Å²) in [5.74, 6) is -1.91. The summed E-state index contributed by atoms with van der Waals surface area (Å²) in [6, 6.07) is 4.78. The van der Waals surface area contributed by atoms with Crippen molar-refractivity contribution in [1.29, 1.82) is 0 Å². The fourth-order valence-corrected chi connectivity index (χ4v) is 3.42. The molecule has 21 heavy (non-hydrogen) atoms. The van der Waals surface area contributed by atoms with Crippen molar-refractivity contribution in [3.05, 3.63) is 29.8 Å². The maximum absolute atomic E-state index is 12.2. The molecule has 1 atom stereocenters. The van der Waals surface area contributed by atoms with Gasteiger partial charge in [-0.3, -0.25) is 4.79 Å². The molecule has 0 spiro atoms. The van der Waals surface area contributed by atoms with E-state index in [0.717, 1.165) is 0 Å². The zero-order chi connectivity index (χ0) is 16.0. The van der Waals surface area contributed by atoms with E-state index in [-0.39, 0.29) is 22.6 Å². The molecule has 0 aromatic heterocycles. The van der Waals surface area contributed by atoms with Gasteiger partial charge in [0, 0.05) is 0 Å². The Morgan fingerprint density at radius 3 is 2.38 bits per heavy atom. The predicted octanol–water partition coefficient (Wildman–Crippen LogP) is 1.46. The zero-order valence-electron chi connectivity index (χ0n) is 12.0. The largest absolute Gasteiger partial charge is 0.480 e. The maximum atomic E-state index is 12.2. The molecular weight excluding hydrogens is 294 g/mol. The number of amides is 1. The summed E-state index contributed by atoms with van der Waals surface area (Å²) in [7, 11) is -3.56. The van der Waals surface area contributed by atoms with Crippen LogP contribution in [0.25, 0.3) is 0 Å². The minimum Gasteiger partial charge on any atom is -0.480 e. The second-order valence-electron chi connectivity index (χ2n) is 4.59. The molecule has 116 valence electrons. The van der Waals surface area contributed by atoms with Crippen LogP contribution in [0.2, 0.25) is 0 Å². The molecule has 0 saturated heterocycles. The number of carbonyl (C=O) groups excluding carboxylic acids is 1.